The molecule has 0 aliphatic carbocycles. The summed E-state index contributed by atoms with van der Waals surface area (Å²) >= 11 is 3.21. The van der Waals surface area contributed by atoms with Crippen LogP contribution in [0.5, 0.6) is 0 Å². The van der Waals surface area contributed by atoms with Crippen molar-refractivity contribution in [2.45, 2.75) is 26.8 Å². The predicted octanol–water partition coefficient (Wildman–Crippen LogP) is 4.07. The highest BCUT2D eigenvalue weighted by molar-refractivity contribution is 7.23. The minimum absolute atomic E-state index is 0.0769. The Morgan fingerprint density at radius 3 is 2.65 bits per heavy atom. The molecule has 0 fully saturated rings. The number of amides is 1. The zero-order valence-corrected chi connectivity index (χ0v) is 18.9. The summed E-state index contributed by atoms with van der Waals surface area (Å²) in [6.07, 6.45) is 0.314. The summed E-state index contributed by atoms with van der Waals surface area (Å²) in [6.45, 7) is 4.61. The van der Waals surface area contributed by atoms with Crippen LogP contribution in [0.3, 0.4) is 0 Å². The molecule has 3 heterocycles. The molecule has 0 spiro atoms. The number of thiazole rings is 1. The molecule has 0 saturated carbocycles. The monoisotopic (exact) mass is 450 g/mol. The van der Waals surface area contributed by atoms with Crippen LogP contribution in [0.4, 0.5) is 0 Å². The molecule has 0 aliphatic rings. The number of carbonyl (C=O) groups excluding carboxylic acids is 1. The smallest absolute Gasteiger partial charge is 0.266 e. The Morgan fingerprint density at radius 2 is 1.90 bits per heavy atom. The van der Waals surface area contributed by atoms with Crippen molar-refractivity contribution < 1.29 is 4.79 Å². The molecule has 0 unspecified atom stereocenters. The second-order valence-corrected chi connectivity index (χ2v) is 9.15. The maximum Gasteiger partial charge on any atom is 0.266 e. The number of thiophene rings is 1. The van der Waals surface area contributed by atoms with Gasteiger partial charge in [-0.25, -0.2) is 9.67 Å². The first-order chi connectivity index (χ1) is 15.0. The Bertz CT molecular complexity index is 1240. The number of nitrogens with zero attached hydrogens (tertiary/aromatic N) is 3. The average Bonchev–Trinajstić information content (AvgIpc) is 3.41. The van der Waals surface area contributed by atoms with Gasteiger partial charge in [-0.1, -0.05) is 35.9 Å². The molecular weight excluding hydrogens is 428 g/mol. The number of aromatic nitrogens is 3. The maximum absolute atomic E-state index is 12.3. The summed E-state index contributed by atoms with van der Waals surface area (Å²) in [6, 6.07) is 15.2. The van der Waals surface area contributed by atoms with Crippen molar-refractivity contribution in [3.8, 4) is 20.5 Å². The Labute approximate surface area is 188 Å². The molecule has 4 aromatic rings. The fourth-order valence-electron chi connectivity index (χ4n) is 3.12. The lowest BCUT2D eigenvalue weighted by molar-refractivity contribution is -0.120. The normalized spacial score (nSPS) is 10.9. The standard InChI is InChI=1S/C23H22N4O2S2/c1-15-5-7-17(8-6-15)14-20(28)24-11-12-27-21(29)10-9-18(26-27)22-16(2)25-23(31-22)19-4-3-13-30-19/h3-10,13H,11-12,14H2,1-2H3,(H,24,28). The number of rotatable bonds is 7. The van der Waals surface area contributed by atoms with Gasteiger partial charge in [-0.15, -0.1) is 22.7 Å². The lowest BCUT2D eigenvalue weighted by Gasteiger charge is -2.08. The molecule has 8 heteroatoms. The van der Waals surface area contributed by atoms with E-state index in [4.69, 9.17) is 0 Å². The molecule has 0 atom stereocenters. The van der Waals surface area contributed by atoms with Gasteiger partial charge in [0.2, 0.25) is 5.91 Å². The average molecular weight is 451 g/mol. The number of nitrogens with one attached hydrogen (secondary N) is 1. The number of aryl methyl sites for hydroxylation is 2. The van der Waals surface area contributed by atoms with E-state index >= 15 is 0 Å². The summed E-state index contributed by atoms with van der Waals surface area (Å²) < 4.78 is 1.39. The molecule has 0 bridgehead atoms. The minimum Gasteiger partial charge on any atom is -0.354 e. The van der Waals surface area contributed by atoms with Gasteiger partial charge in [0.15, 0.2) is 0 Å². The number of benzene rings is 1. The van der Waals surface area contributed by atoms with Crippen LogP contribution in [0.1, 0.15) is 16.8 Å². The van der Waals surface area contributed by atoms with E-state index in [1.165, 1.54) is 10.7 Å². The van der Waals surface area contributed by atoms with E-state index in [1.807, 2.05) is 55.6 Å². The maximum atomic E-state index is 12.3. The largest absolute Gasteiger partial charge is 0.354 e. The first-order valence-electron chi connectivity index (χ1n) is 9.92. The van der Waals surface area contributed by atoms with Gasteiger partial charge in [-0.3, -0.25) is 9.59 Å². The molecule has 3 aromatic heterocycles. The van der Waals surface area contributed by atoms with Crippen LogP contribution >= 0.6 is 22.7 Å². The van der Waals surface area contributed by atoms with Crippen LogP contribution in [0.2, 0.25) is 0 Å². The summed E-state index contributed by atoms with van der Waals surface area (Å²) in [7, 11) is 0. The zero-order valence-electron chi connectivity index (χ0n) is 17.3. The number of hydrogen-bond donors (Lipinski definition) is 1. The van der Waals surface area contributed by atoms with E-state index in [0.29, 0.717) is 25.2 Å². The first-order valence-corrected chi connectivity index (χ1v) is 11.6. The highest BCUT2D eigenvalue weighted by Crippen LogP contribution is 2.35. The SMILES string of the molecule is Cc1ccc(CC(=O)NCCn2nc(-c3sc(-c4cccs4)nc3C)ccc2=O)cc1. The van der Waals surface area contributed by atoms with E-state index in [1.54, 1.807) is 28.7 Å². The van der Waals surface area contributed by atoms with Crippen LogP contribution < -0.4 is 10.9 Å². The van der Waals surface area contributed by atoms with Crippen LogP contribution in [0, 0.1) is 13.8 Å². The lowest BCUT2D eigenvalue weighted by atomic mass is 10.1. The van der Waals surface area contributed by atoms with Gasteiger partial charge >= 0.3 is 0 Å². The number of carbonyl (C=O) groups is 1. The molecule has 0 aliphatic heterocycles. The van der Waals surface area contributed by atoms with Crippen molar-refractivity contribution in [2.75, 3.05) is 6.54 Å². The molecule has 1 amide bonds. The van der Waals surface area contributed by atoms with Gasteiger partial charge in [0.25, 0.3) is 5.56 Å². The summed E-state index contributed by atoms with van der Waals surface area (Å²) in [5.74, 6) is -0.0769. The quantitative estimate of drug-likeness (QED) is 0.460. The Morgan fingerprint density at radius 1 is 1.10 bits per heavy atom. The van der Waals surface area contributed by atoms with Gasteiger partial charge in [0, 0.05) is 12.6 Å². The number of hydrogen-bond acceptors (Lipinski definition) is 6. The predicted molar refractivity (Wildman–Crippen MR) is 126 cm³/mol. The van der Waals surface area contributed by atoms with Crippen molar-refractivity contribution in [1.82, 2.24) is 20.1 Å². The third-order valence-electron chi connectivity index (χ3n) is 4.76. The van der Waals surface area contributed by atoms with E-state index < -0.39 is 0 Å². The summed E-state index contributed by atoms with van der Waals surface area (Å²) in [5.41, 5.74) is 3.52. The van der Waals surface area contributed by atoms with Gasteiger partial charge in [0.1, 0.15) is 10.7 Å². The fraction of sp³-hybridized carbons (Fsp3) is 0.217. The molecule has 31 heavy (non-hydrogen) atoms. The Hall–Kier alpha value is -3.10. The highest BCUT2D eigenvalue weighted by Gasteiger charge is 2.14. The first kappa shape index (κ1) is 21.1. The van der Waals surface area contributed by atoms with Crippen molar-refractivity contribution in [3.63, 3.8) is 0 Å². The molecule has 4 rings (SSSR count). The molecule has 1 N–H and O–H groups in total. The summed E-state index contributed by atoms with van der Waals surface area (Å²) in [4.78, 5) is 31.2. The van der Waals surface area contributed by atoms with Crippen LogP contribution in [-0.4, -0.2) is 27.2 Å². The molecular formula is C23H22N4O2S2. The van der Waals surface area contributed by atoms with E-state index in [2.05, 4.69) is 15.4 Å². The Balaban J connectivity index is 1.42. The molecule has 158 valence electrons. The van der Waals surface area contributed by atoms with Crippen molar-refractivity contribution in [2.24, 2.45) is 0 Å². The minimum atomic E-state index is -0.197. The molecule has 1 aromatic carbocycles. The van der Waals surface area contributed by atoms with E-state index in [9.17, 15) is 9.59 Å². The lowest BCUT2D eigenvalue weighted by Crippen LogP contribution is -2.32. The van der Waals surface area contributed by atoms with Crippen LogP contribution in [0.25, 0.3) is 20.5 Å². The highest BCUT2D eigenvalue weighted by atomic mass is 32.1. The molecule has 0 saturated heterocycles. The third kappa shape index (κ3) is 5.15. The summed E-state index contributed by atoms with van der Waals surface area (Å²) in [5, 5.41) is 10.4. The Kier molecular flexibility index (Phi) is 6.39. The van der Waals surface area contributed by atoms with E-state index in [-0.39, 0.29) is 11.5 Å². The van der Waals surface area contributed by atoms with Crippen molar-refractivity contribution in [3.05, 3.63) is 81.1 Å². The van der Waals surface area contributed by atoms with Gasteiger partial charge in [-0.2, -0.15) is 5.10 Å². The zero-order chi connectivity index (χ0) is 21.8. The topological polar surface area (TPSA) is 76.9 Å². The van der Waals surface area contributed by atoms with Crippen LogP contribution in [-0.2, 0) is 17.8 Å². The second kappa shape index (κ2) is 9.36. The van der Waals surface area contributed by atoms with Crippen molar-refractivity contribution >= 4 is 28.6 Å². The third-order valence-corrected chi connectivity index (χ3v) is 6.98. The van der Waals surface area contributed by atoms with E-state index in [0.717, 1.165) is 31.6 Å². The van der Waals surface area contributed by atoms with Gasteiger partial charge in [-0.05, 0) is 36.9 Å². The van der Waals surface area contributed by atoms with Gasteiger partial charge < -0.3 is 5.32 Å². The van der Waals surface area contributed by atoms with Crippen LogP contribution in [0.15, 0.2) is 58.7 Å². The molecule has 0 radical (unpaired) electrons. The fourth-order valence-corrected chi connectivity index (χ4v) is 4.95. The van der Waals surface area contributed by atoms with Gasteiger partial charge in [0.05, 0.1) is 28.4 Å². The van der Waals surface area contributed by atoms with Crippen molar-refractivity contribution in [1.29, 1.82) is 0 Å². The second-order valence-electron chi connectivity index (χ2n) is 7.20. The molecule has 6 nitrogen and oxygen atoms in total.